The Kier molecular flexibility index (Phi) is 10.7. The van der Waals surface area contributed by atoms with Crippen molar-refractivity contribution in [2.45, 2.75) is 45.1 Å². The number of benzene rings is 2. The van der Waals surface area contributed by atoms with Crippen molar-refractivity contribution in [3.63, 3.8) is 0 Å². The highest BCUT2D eigenvalue weighted by Crippen LogP contribution is 2.27. The zero-order valence-corrected chi connectivity index (χ0v) is 19.9. The lowest BCUT2D eigenvalue weighted by Gasteiger charge is -2.32. The average molecular weight is 472 g/mol. The van der Waals surface area contributed by atoms with Gasteiger partial charge < -0.3 is 14.4 Å². The number of nitrogens with zero attached hydrogens (tertiary/aromatic N) is 1. The predicted octanol–water partition coefficient (Wildman–Crippen LogP) is 6.07. The smallest absolute Gasteiger partial charge is 0.330 e. The first-order valence-corrected chi connectivity index (χ1v) is 12.2. The molecule has 184 valence electrons. The van der Waals surface area contributed by atoms with Gasteiger partial charge in [-0.2, -0.15) is 0 Å². The number of ether oxygens (including phenoxy) is 2. The Bertz CT molecular complexity index is 845. The molecular formula is C28H35F2NO3. The summed E-state index contributed by atoms with van der Waals surface area (Å²) in [6.07, 6.45) is 8.57. The first kappa shape index (κ1) is 26.0. The summed E-state index contributed by atoms with van der Waals surface area (Å²) >= 11 is 0. The van der Waals surface area contributed by atoms with E-state index in [-0.39, 0.29) is 23.7 Å². The normalized spacial score (nSPS) is 15.3. The molecule has 3 rings (SSSR count). The minimum Gasteiger partial charge on any atom is -0.463 e. The third-order valence-electron chi connectivity index (χ3n) is 6.27. The number of likely N-dealkylation sites (tertiary alicyclic amines) is 1. The van der Waals surface area contributed by atoms with Crippen molar-refractivity contribution in [1.82, 2.24) is 4.90 Å². The second kappa shape index (κ2) is 14.0. The lowest BCUT2D eigenvalue weighted by atomic mass is 9.91. The van der Waals surface area contributed by atoms with Crippen molar-refractivity contribution in [1.29, 1.82) is 0 Å². The maximum Gasteiger partial charge on any atom is 0.330 e. The van der Waals surface area contributed by atoms with Crippen LogP contribution in [-0.2, 0) is 14.3 Å². The molecule has 6 heteroatoms. The molecule has 1 aliphatic rings. The molecule has 0 unspecified atom stereocenters. The van der Waals surface area contributed by atoms with Crippen LogP contribution >= 0.6 is 0 Å². The van der Waals surface area contributed by atoms with Crippen molar-refractivity contribution in [3.8, 4) is 0 Å². The molecule has 0 radical (unpaired) electrons. The maximum absolute atomic E-state index is 13.4. The van der Waals surface area contributed by atoms with Crippen molar-refractivity contribution in [2.75, 3.05) is 32.8 Å². The van der Waals surface area contributed by atoms with Crippen molar-refractivity contribution >= 4 is 5.97 Å². The Balaban J connectivity index is 1.40. The molecule has 0 saturated carbocycles. The number of halogens is 2. The number of unbranched alkanes of at least 4 members (excludes halogenated alkanes) is 1. The third-order valence-corrected chi connectivity index (χ3v) is 6.27. The van der Waals surface area contributed by atoms with Gasteiger partial charge in [-0.3, -0.25) is 0 Å². The molecule has 0 atom stereocenters. The van der Waals surface area contributed by atoms with Crippen LogP contribution < -0.4 is 0 Å². The average Bonchev–Trinajstić information content (AvgIpc) is 2.84. The molecular weight excluding hydrogens is 436 g/mol. The predicted molar refractivity (Wildman–Crippen MR) is 129 cm³/mol. The number of hydrogen-bond donors (Lipinski definition) is 0. The Hall–Kier alpha value is -2.57. The zero-order valence-electron chi connectivity index (χ0n) is 19.9. The van der Waals surface area contributed by atoms with E-state index in [2.05, 4.69) is 4.90 Å². The molecule has 0 bridgehead atoms. The molecule has 0 aromatic heterocycles. The molecule has 1 fully saturated rings. The highest BCUT2D eigenvalue weighted by atomic mass is 19.1. The van der Waals surface area contributed by atoms with Crippen LogP contribution in [0.2, 0.25) is 0 Å². The number of piperidine rings is 1. The van der Waals surface area contributed by atoms with Gasteiger partial charge in [0.25, 0.3) is 0 Å². The Morgan fingerprint density at radius 3 is 2.18 bits per heavy atom. The molecule has 0 aliphatic carbocycles. The summed E-state index contributed by atoms with van der Waals surface area (Å²) in [4.78, 5) is 13.7. The molecule has 1 aliphatic heterocycles. The van der Waals surface area contributed by atoms with Crippen LogP contribution in [0.15, 0.2) is 60.7 Å². The molecule has 0 N–H and O–H groups in total. The molecule has 2 aromatic carbocycles. The highest BCUT2D eigenvalue weighted by molar-refractivity contribution is 5.81. The summed E-state index contributed by atoms with van der Waals surface area (Å²) in [7, 11) is 0. The number of allylic oxidation sites excluding steroid dienone is 1. The van der Waals surface area contributed by atoms with E-state index >= 15 is 0 Å². The van der Waals surface area contributed by atoms with Crippen molar-refractivity contribution in [3.05, 3.63) is 83.4 Å². The Morgan fingerprint density at radius 2 is 1.62 bits per heavy atom. The molecule has 0 amide bonds. The largest absolute Gasteiger partial charge is 0.463 e. The van der Waals surface area contributed by atoms with Gasteiger partial charge in [-0.15, -0.1) is 0 Å². The summed E-state index contributed by atoms with van der Waals surface area (Å²) in [6, 6.07) is 12.6. The lowest BCUT2D eigenvalue weighted by molar-refractivity contribution is -0.137. The maximum atomic E-state index is 13.4. The first-order chi connectivity index (χ1) is 16.5. The lowest BCUT2D eigenvalue weighted by Crippen LogP contribution is -2.36. The monoisotopic (exact) mass is 471 g/mol. The van der Waals surface area contributed by atoms with Crippen LogP contribution in [0.5, 0.6) is 0 Å². The van der Waals surface area contributed by atoms with Gasteiger partial charge in [-0.25, -0.2) is 13.6 Å². The summed E-state index contributed by atoms with van der Waals surface area (Å²) in [5.74, 6) is -0.127. The summed E-state index contributed by atoms with van der Waals surface area (Å²) in [6.45, 7) is 5.68. The zero-order chi connectivity index (χ0) is 24.2. The van der Waals surface area contributed by atoms with Gasteiger partial charge in [0.2, 0.25) is 0 Å². The molecule has 4 nitrogen and oxygen atoms in total. The highest BCUT2D eigenvalue weighted by Gasteiger charge is 2.20. The number of carbonyl (C=O) groups excluding carboxylic acids is 1. The van der Waals surface area contributed by atoms with Crippen molar-refractivity contribution in [2.24, 2.45) is 5.92 Å². The van der Waals surface area contributed by atoms with Gasteiger partial charge >= 0.3 is 5.97 Å². The second-order valence-electron chi connectivity index (χ2n) is 8.72. The third kappa shape index (κ3) is 8.65. The molecule has 34 heavy (non-hydrogen) atoms. The van der Waals surface area contributed by atoms with Crippen LogP contribution in [0.4, 0.5) is 8.78 Å². The fourth-order valence-electron chi connectivity index (χ4n) is 4.35. The van der Waals surface area contributed by atoms with E-state index in [1.54, 1.807) is 31.2 Å². The molecule has 1 saturated heterocycles. The van der Waals surface area contributed by atoms with Gasteiger partial charge in [0.15, 0.2) is 0 Å². The molecule has 2 aromatic rings. The number of esters is 1. The number of rotatable bonds is 12. The van der Waals surface area contributed by atoms with Gasteiger partial charge in [-0.05, 0) is 87.0 Å². The summed E-state index contributed by atoms with van der Waals surface area (Å²) in [5.41, 5.74) is 1.70. The van der Waals surface area contributed by atoms with E-state index < -0.39 is 0 Å². The standard InChI is InChI=1S/C28H35F2NO3/c1-2-33-27(32)7-5-3-4-6-22-16-18-31(19-17-22)20-21-34-28(23-8-12-25(29)13-9-23)24-10-14-26(30)15-11-24/h5,7-15,22,28H,2-4,6,16-21H2,1H3. The Morgan fingerprint density at radius 1 is 1.03 bits per heavy atom. The van der Waals surface area contributed by atoms with Gasteiger partial charge in [0.05, 0.1) is 13.2 Å². The van der Waals surface area contributed by atoms with E-state index in [9.17, 15) is 13.6 Å². The summed E-state index contributed by atoms with van der Waals surface area (Å²) in [5, 5.41) is 0. The van der Waals surface area contributed by atoms with Gasteiger partial charge in [0, 0.05) is 12.6 Å². The van der Waals surface area contributed by atoms with Gasteiger partial charge in [-0.1, -0.05) is 36.8 Å². The fourth-order valence-corrected chi connectivity index (χ4v) is 4.35. The fraction of sp³-hybridized carbons (Fsp3) is 0.464. The van der Waals surface area contributed by atoms with Crippen molar-refractivity contribution < 1.29 is 23.0 Å². The van der Waals surface area contributed by atoms with E-state index in [1.165, 1.54) is 49.6 Å². The van der Waals surface area contributed by atoms with E-state index in [1.807, 2.05) is 6.08 Å². The number of hydrogen-bond acceptors (Lipinski definition) is 4. The van der Waals surface area contributed by atoms with Crippen LogP contribution in [0.3, 0.4) is 0 Å². The van der Waals surface area contributed by atoms with E-state index in [4.69, 9.17) is 9.47 Å². The SMILES string of the molecule is CCOC(=O)C=CCCCC1CCN(CCOC(c2ccc(F)cc2)c2ccc(F)cc2)CC1. The van der Waals surface area contributed by atoms with E-state index in [0.29, 0.717) is 13.2 Å². The number of carbonyl (C=O) groups is 1. The second-order valence-corrected chi connectivity index (χ2v) is 8.72. The van der Waals surface area contributed by atoms with Crippen LogP contribution in [0.25, 0.3) is 0 Å². The quantitative estimate of drug-likeness (QED) is 0.214. The van der Waals surface area contributed by atoms with E-state index in [0.717, 1.165) is 49.5 Å². The topological polar surface area (TPSA) is 38.8 Å². The van der Waals surface area contributed by atoms with Gasteiger partial charge in [0.1, 0.15) is 17.7 Å². The first-order valence-electron chi connectivity index (χ1n) is 12.2. The molecule has 1 heterocycles. The van der Waals surface area contributed by atoms with Crippen LogP contribution in [0, 0.1) is 17.6 Å². The molecule has 0 spiro atoms. The summed E-state index contributed by atoms with van der Waals surface area (Å²) < 4.78 is 37.9. The van der Waals surface area contributed by atoms with Crippen LogP contribution in [0.1, 0.15) is 56.3 Å². The Labute approximate surface area is 201 Å². The minimum absolute atomic E-state index is 0.265. The minimum atomic E-state index is -0.360. The van der Waals surface area contributed by atoms with Crippen LogP contribution in [-0.4, -0.2) is 43.7 Å².